The highest BCUT2D eigenvalue weighted by Crippen LogP contribution is 2.27. The maximum Gasteiger partial charge on any atom is 0.332 e. The molecule has 1 aliphatic heterocycles. The smallest absolute Gasteiger partial charge is 0.332 e. The van der Waals surface area contributed by atoms with Crippen LogP contribution in [0.15, 0.2) is 62.9 Å². The van der Waals surface area contributed by atoms with Gasteiger partial charge in [0.15, 0.2) is 11.4 Å². The summed E-state index contributed by atoms with van der Waals surface area (Å²) in [6.45, 7) is 3.81. The van der Waals surface area contributed by atoms with Crippen LogP contribution in [0.1, 0.15) is 21.7 Å². The van der Waals surface area contributed by atoms with Crippen molar-refractivity contribution >= 4 is 22.6 Å². The molecule has 0 saturated carbocycles. The number of hydrogen-bond donors (Lipinski definition) is 0. The number of furan rings is 1. The first-order valence-corrected chi connectivity index (χ1v) is 11.3. The molecular formula is C25H24FN5O4. The van der Waals surface area contributed by atoms with E-state index >= 15 is 0 Å². The molecule has 1 saturated heterocycles. The number of halogens is 1. The predicted molar refractivity (Wildman–Crippen MR) is 128 cm³/mol. The number of anilines is 1. The number of carbonyl (C=O) groups is 1. The third-order valence-corrected chi connectivity index (χ3v) is 6.38. The second-order valence-electron chi connectivity index (χ2n) is 8.60. The van der Waals surface area contributed by atoms with E-state index in [-0.39, 0.29) is 18.3 Å². The van der Waals surface area contributed by atoms with Gasteiger partial charge in [-0.05, 0) is 42.3 Å². The number of hydrogen-bond acceptors (Lipinski definition) is 6. The van der Waals surface area contributed by atoms with Crippen molar-refractivity contribution < 1.29 is 13.6 Å². The van der Waals surface area contributed by atoms with E-state index in [0.717, 1.165) is 10.1 Å². The molecule has 0 bridgehead atoms. The van der Waals surface area contributed by atoms with Crippen molar-refractivity contribution in [1.29, 1.82) is 0 Å². The summed E-state index contributed by atoms with van der Waals surface area (Å²) in [6.07, 6.45) is 3.12. The van der Waals surface area contributed by atoms with Gasteiger partial charge >= 0.3 is 5.69 Å². The third-order valence-electron chi connectivity index (χ3n) is 6.38. The lowest BCUT2D eigenvalue weighted by molar-refractivity contribution is 0.0715. The zero-order valence-electron chi connectivity index (χ0n) is 19.4. The highest BCUT2D eigenvalue weighted by Gasteiger charge is 2.27. The van der Waals surface area contributed by atoms with E-state index in [4.69, 9.17) is 4.42 Å². The molecule has 9 nitrogen and oxygen atoms in total. The molecule has 0 aliphatic carbocycles. The second-order valence-corrected chi connectivity index (χ2v) is 8.60. The standard InChI is InChI=1S/C25H24FN5O4/c1-16-14-27-22-20(21(16)29-9-11-30(12-10-29)23(32)19-4-3-13-35-19)24(33)31(25(34)28(22)2)15-17-5-7-18(26)8-6-17/h3-8,13-14H,9-12,15H2,1-2H3. The molecule has 4 aromatic rings. The fraction of sp³-hybridized carbons (Fsp3) is 0.280. The number of piperazine rings is 1. The number of benzene rings is 1. The van der Waals surface area contributed by atoms with Crippen LogP contribution in [0.25, 0.3) is 11.0 Å². The summed E-state index contributed by atoms with van der Waals surface area (Å²) in [5, 5.41) is 0.347. The van der Waals surface area contributed by atoms with Crippen LogP contribution in [-0.4, -0.2) is 51.1 Å². The first kappa shape index (κ1) is 22.6. The Morgan fingerprint density at radius 1 is 1.09 bits per heavy atom. The molecule has 5 rings (SSSR count). The fourth-order valence-electron chi connectivity index (χ4n) is 4.54. The van der Waals surface area contributed by atoms with Crippen LogP contribution in [0.5, 0.6) is 0 Å². The van der Waals surface area contributed by atoms with Crippen LogP contribution in [0.4, 0.5) is 10.1 Å². The molecule has 0 unspecified atom stereocenters. The molecular weight excluding hydrogens is 453 g/mol. The Labute approximate surface area is 199 Å². The van der Waals surface area contributed by atoms with Gasteiger partial charge < -0.3 is 14.2 Å². The minimum Gasteiger partial charge on any atom is -0.459 e. The first-order chi connectivity index (χ1) is 16.8. The summed E-state index contributed by atoms with van der Waals surface area (Å²) in [4.78, 5) is 47.5. The summed E-state index contributed by atoms with van der Waals surface area (Å²) in [7, 11) is 1.58. The van der Waals surface area contributed by atoms with E-state index < -0.39 is 11.2 Å². The zero-order valence-corrected chi connectivity index (χ0v) is 19.4. The normalized spacial score (nSPS) is 14.0. The van der Waals surface area contributed by atoms with Crippen LogP contribution >= 0.6 is 0 Å². The average molecular weight is 477 g/mol. The Morgan fingerprint density at radius 2 is 1.80 bits per heavy atom. The monoisotopic (exact) mass is 477 g/mol. The van der Waals surface area contributed by atoms with E-state index in [1.54, 1.807) is 42.4 Å². The highest BCUT2D eigenvalue weighted by atomic mass is 19.1. The van der Waals surface area contributed by atoms with Crippen molar-refractivity contribution in [3.63, 3.8) is 0 Å². The zero-order chi connectivity index (χ0) is 24.7. The van der Waals surface area contributed by atoms with Gasteiger partial charge in [0.25, 0.3) is 11.5 Å². The number of rotatable bonds is 4. The maximum absolute atomic E-state index is 13.6. The SMILES string of the molecule is Cc1cnc2c(c1N1CCN(C(=O)c3ccco3)CC1)c(=O)n(Cc1ccc(F)cc1)c(=O)n2C. The highest BCUT2D eigenvalue weighted by molar-refractivity contribution is 5.93. The summed E-state index contributed by atoms with van der Waals surface area (Å²) in [6, 6.07) is 9.02. The quantitative estimate of drug-likeness (QED) is 0.447. The lowest BCUT2D eigenvalue weighted by Gasteiger charge is -2.36. The van der Waals surface area contributed by atoms with Gasteiger partial charge in [-0.1, -0.05) is 12.1 Å². The van der Waals surface area contributed by atoms with Crippen molar-refractivity contribution in [2.24, 2.45) is 7.05 Å². The number of aryl methyl sites for hydroxylation is 2. The summed E-state index contributed by atoms with van der Waals surface area (Å²) >= 11 is 0. The molecule has 0 radical (unpaired) electrons. The molecule has 3 aromatic heterocycles. The molecule has 1 amide bonds. The van der Waals surface area contributed by atoms with Crippen LogP contribution in [0.3, 0.4) is 0 Å². The molecule has 4 heterocycles. The Balaban J connectivity index is 1.53. The second kappa shape index (κ2) is 8.86. The van der Waals surface area contributed by atoms with Crippen molar-refractivity contribution in [3.05, 3.63) is 92.4 Å². The van der Waals surface area contributed by atoms with Crippen molar-refractivity contribution in [1.82, 2.24) is 19.0 Å². The molecule has 1 fully saturated rings. The largest absolute Gasteiger partial charge is 0.459 e. The van der Waals surface area contributed by atoms with Gasteiger partial charge in [-0.15, -0.1) is 0 Å². The number of carbonyl (C=O) groups excluding carboxylic acids is 1. The van der Waals surface area contributed by atoms with Crippen LogP contribution in [0.2, 0.25) is 0 Å². The Hall–Kier alpha value is -4.21. The van der Waals surface area contributed by atoms with Crippen LogP contribution in [0, 0.1) is 12.7 Å². The Kier molecular flexibility index (Phi) is 5.72. The van der Waals surface area contributed by atoms with E-state index in [2.05, 4.69) is 9.88 Å². The van der Waals surface area contributed by atoms with Gasteiger partial charge in [0.2, 0.25) is 0 Å². The molecule has 0 N–H and O–H groups in total. The van der Waals surface area contributed by atoms with E-state index in [1.165, 1.54) is 23.0 Å². The summed E-state index contributed by atoms with van der Waals surface area (Å²) in [5.41, 5.74) is 1.49. The molecule has 35 heavy (non-hydrogen) atoms. The first-order valence-electron chi connectivity index (χ1n) is 11.3. The van der Waals surface area contributed by atoms with Crippen molar-refractivity contribution in [3.8, 4) is 0 Å². The number of pyridine rings is 1. The van der Waals surface area contributed by atoms with Crippen LogP contribution < -0.4 is 16.1 Å². The Morgan fingerprint density at radius 3 is 2.46 bits per heavy atom. The van der Waals surface area contributed by atoms with Gasteiger partial charge in [-0.3, -0.25) is 18.7 Å². The lowest BCUT2D eigenvalue weighted by atomic mass is 10.1. The minimum absolute atomic E-state index is 0.0144. The number of nitrogens with zero attached hydrogens (tertiary/aromatic N) is 5. The minimum atomic E-state index is -0.497. The molecule has 0 spiro atoms. The average Bonchev–Trinajstić information content (AvgIpc) is 3.41. The van der Waals surface area contributed by atoms with Crippen molar-refractivity contribution in [2.75, 3.05) is 31.1 Å². The van der Waals surface area contributed by atoms with Gasteiger partial charge in [0, 0.05) is 39.4 Å². The van der Waals surface area contributed by atoms with Crippen molar-refractivity contribution in [2.45, 2.75) is 13.5 Å². The van der Waals surface area contributed by atoms with Gasteiger partial charge in [-0.25, -0.2) is 14.2 Å². The molecule has 10 heteroatoms. The van der Waals surface area contributed by atoms with E-state index in [0.29, 0.717) is 54.2 Å². The van der Waals surface area contributed by atoms with Gasteiger partial charge in [-0.2, -0.15) is 0 Å². The number of fused-ring (bicyclic) bond motifs is 1. The number of aromatic nitrogens is 3. The predicted octanol–water partition coefficient (Wildman–Crippen LogP) is 2.15. The van der Waals surface area contributed by atoms with E-state index in [9.17, 15) is 18.8 Å². The third kappa shape index (κ3) is 4.01. The summed E-state index contributed by atoms with van der Waals surface area (Å²) < 4.78 is 21.1. The van der Waals surface area contributed by atoms with Gasteiger partial charge in [0.1, 0.15) is 11.2 Å². The number of amides is 1. The van der Waals surface area contributed by atoms with Gasteiger partial charge in [0.05, 0.1) is 18.5 Å². The van der Waals surface area contributed by atoms with Crippen LogP contribution in [-0.2, 0) is 13.6 Å². The maximum atomic E-state index is 13.6. The Bertz CT molecular complexity index is 1510. The lowest BCUT2D eigenvalue weighted by Crippen LogP contribution is -2.49. The summed E-state index contributed by atoms with van der Waals surface area (Å²) in [5.74, 6) is -0.267. The molecule has 0 atom stereocenters. The molecule has 1 aliphatic rings. The molecule has 180 valence electrons. The van der Waals surface area contributed by atoms with E-state index in [1.807, 2.05) is 6.92 Å². The molecule has 1 aromatic carbocycles. The topological polar surface area (TPSA) is 93.6 Å². The fourth-order valence-corrected chi connectivity index (χ4v) is 4.54.